The first-order chi connectivity index (χ1) is 24.4. The second-order valence-corrected chi connectivity index (χ2v) is 14.9. The van der Waals surface area contributed by atoms with Gasteiger partial charge in [0.25, 0.3) is 5.91 Å². The van der Waals surface area contributed by atoms with Crippen LogP contribution in [0.2, 0.25) is 0 Å². The van der Waals surface area contributed by atoms with E-state index < -0.39 is 28.8 Å². The summed E-state index contributed by atoms with van der Waals surface area (Å²) < 4.78 is 30.1. The number of aromatic nitrogens is 1. The number of amides is 2. The van der Waals surface area contributed by atoms with Gasteiger partial charge >= 0.3 is 6.09 Å². The molecular formula is C39H40FN5O6. The summed E-state index contributed by atoms with van der Waals surface area (Å²) in [5.74, 6) is -1.24. The quantitative estimate of drug-likeness (QED) is 0.167. The second kappa shape index (κ2) is 12.2. The Bertz CT molecular complexity index is 2500. The third-order valence-electron chi connectivity index (χ3n) is 10.4. The van der Waals surface area contributed by atoms with Crippen molar-refractivity contribution in [2.45, 2.75) is 64.1 Å². The molecule has 6 aromatic rings. The SMILES string of the molecule is CN1CCCC1CCNC(=O)c1cn2c3cc4c(cc3oc3c(N5CC[C@H](NC(=O)OC(C)(C)C)C5)c(F)cc(c1=O)c32)c(=O)c1ccccc14. The van der Waals surface area contributed by atoms with Crippen LogP contribution in [0.15, 0.2) is 62.7 Å². The Kier molecular flexibility index (Phi) is 7.90. The molecule has 51 heavy (non-hydrogen) atoms. The first-order valence-corrected chi connectivity index (χ1v) is 17.5. The van der Waals surface area contributed by atoms with Crippen molar-refractivity contribution in [3.63, 3.8) is 0 Å². The van der Waals surface area contributed by atoms with Crippen LogP contribution < -0.4 is 26.4 Å². The molecule has 2 fully saturated rings. The summed E-state index contributed by atoms with van der Waals surface area (Å²) in [6, 6.07) is 12.0. The number of carbonyl (C=O) groups is 2. The number of pyridine rings is 1. The summed E-state index contributed by atoms with van der Waals surface area (Å²) in [4.78, 5) is 57.8. The van der Waals surface area contributed by atoms with Gasteiger partial charge < -0.3 is 34.0 Å². The number of nitrogens with zero attached hydrogens (tertiary/aromatic N) is 3. The topological polar surface area (TPSA) is 126 Å². The molecule has 2 saturated heterocycles. The van der Waals surface area contributed by atoms with E-state index in [2.05, 4.69) is 22.6 Å². The van der Waals surface area contributed by atoms with Gasteiger partial charge in [-0.3, -0.25) is 14.4 Å². The molecule has 0 aliphatic carbocycles. The third-order valence-corrected chi connectivity index (χ3v) is 10.4. The van der Waals surface area contributed by atoms with E-state index in [4.69, 9.17) is 9.15 Å². The highest BCUT2D eigenvalue weighted by atomic mass is 19.1. The van der Waals surface area contributed by atoms with Crippen molar-refractivity contribution in [1.29, 1.82) is 0 Å². The monoisotopic (exact) mass is 693 g/mol. The van der Waals surface area contributed by atoms with Crippen LogP contribution in [0.5, 0.6) is 0 Å². The van der Waals surface area contributed by atoms with E-state index >= 15 is 4.39 Å². The second-order valence-electron chi connectivity index (χ2n) is 14.9. The van der Waals surface area contributed by atoms with Gasteiger partial charge in [-0.2, -0.15) is 0 Å². The van der Waals surface area contributed by atoms with Gasteiger partial charge in [0.15, 0.2) is 22.4 Å². The van der Waals surface area contributed by atoms with Crippen LogP contribution in [0.3, 0.4) is 0 Å². The van der Waals surface area contributed by atoms with Gasteiger partial charge in [-0.25, -0.2) is 9.18 Å². The van der Waals surface area contributed by atoms with Crippen LogP contribution in [-0.2, 0) is 4.74 Å². The maximum Gasteiger partial charge on any atom is 0.407 e. The number of fused-ring (bicyclic) bond motifs is 5. The van der Waals surface area contributed by atoms with Gasteiger partial charge in [-0.05, 0) is 89.0 Å². The molecule has 8 rings (SSSR count). The molecule has 4 heterocycles. The average Bonchev–Trinajstić information content (AvgIpc) is 3.78. The standard InChI is InChI=1S/C39H40FN5O6/c1-39(2,3)51-38(49)42-21-12-15-44(19-21)33-29(40)16-27-32-36(33)50-31-18-26-25(23-9-5-6-10-24(23)34(26)46)17-30(31)45(32)20-28(35(27)47)37(48)41-13-11-22-8-7-14-43(22)4/h5-6,9-10,16-18,20-22H,7-8,11-15,19H2,1-4H3,(H,41,48)(H,42,49)/t21-,22?/m0/s1. The zero-order valence-electron chi connectivity index (χ0n) is 29.1. The number of likely N-dealkylation sites (tertiary alicyclic amines) is 1. The number of halogens is 1. The zero-order valence-corrected chi connectivity index (χ0v) is 29.1. The number of hydrogen-bond acceptors (Lipinski definition) is 8. The Morgan fingerprint density at radius 2 is 1.76 bits per heavy atom. The Hall–Kier alpha value is -5.23. The highest BCUT2D eigenvalue weighted by Gasteiger charge is 2.32. The van der Waals surface area contributed by atoms with Crippen molar-refractivity contribution in [2.24, 2.45) is 0 Å². The Balaban J connectivity index is 1.28. The van der Waals surface area contributed by atoms with Crippen molar-refractivity contribution in [3.05, 3.63) is 80.5 Å². The summed E-state index contributed by atoms with van der Waals surface area (Å²) in [6.07, 6.45) is 4.38. The van der Waals surface area contributed by atoms with E-state index in [0.717, 1.165) is 31.2 Å². The molecule has 2 aliphatic heterocycles. The number of hydrogen-bond donors (Lipinski definition) is 2. The van der Waals surface area contributed by atoms with Crippen molar-refractivity contribution in [1.82, 2.24) is 19.9 Å². The number of benzene rings is 3. The molecule has 2 aliphatic rings. The summed E-state index contributed by atoms with van der Waals surface area (Å²) in [5, 5.41) is 8.30. The molecule has 2 aromatic heterocycles. The van der Waals surface area contributed by atoms with Gasteiger partial charge in [0.2, 0.25) is 5.43 Å². The molecule has 4 aromatic carbocycles. The minimum absolute atomic E-state index is 0.000298. The lowest BCUT2D eigenvalue weighted by Gasteiger charge is -2.24. The number of anilines is 1. The number of ether oxygens (including phenoxy) is 1. The van der Waals surface area contributed by atoms with Crippen molar-refractivity contribution >= 4 is 66.8 Å². The van der Waals surface area contributed by atoms with Gasteiger partial charge in [-0.15, -0.1) is 0 Å². The van der Waals surface area contributed by atoms with Crippen LogP contribution >= 0.6 is 0 Å². The molecule has 0 radical (unpaired) electrons. The first-order valence-electron chi connectivity index (χ1n) is 17.5. The van der Waals surface area contributed by atoms with Crippen molar-refractivity contribution in [3.8, 4) is 0 Å². The van der Waals surface area contributed by atoms with Gasteiger partial charge in [0, 0.05) is 42.6 Å². The fourth-order valence-electron chi connectivity index (χ4n) is 7.93. The first kappa shape index (κ1) is 32.9. The molecule has 2 N–H and O–H groups in total. The predicted molar refractivity (Wildman–Crippen MR) is 196 cm³/mol. The number of rotatable bonds is 6. The van der Waals surface area contributed by atoms with E-state index in [1.807, 2.05) is 24.3 Å². The maximum absolute atomic E-state index is 16.4. The molecule has 12 heteroatoms. The van der Waals surface area contributed by atoms with Gasteiger partial charge in [0.05, 0.1) is 16.9 Å². The van der Waals surface area contributed by atoms with Crippen LogP contribution in [0, 0.1) is 5.82 Å². The van der Waals surface area contributed by atoms with Gasteiger partial charge in [-0.1, -0.05) is 24.3 Å². The Morgan fingerprint density at radius 1 is 0.980 bits per heavy atom. The zero-order chi connectivity index (χ0) is 35.8. The fourth-order valence-corrected chi connectivity index (χ4v) is 7.93. The minimum atomic E-state index is -0.700. The van der Waals surface area contributed by atoms with Crippen LogP contribution in [-0.4, -0.2) is 72.2 Å². The largest absolute Gasteiger partial charge is 0.451 e. The van der Waals surface area contributed by atoms with Crippen molar-refractivity contribution < 1.29 is 23.1 Å². The summed E-state index contributed by atoms with van der Waals surface area (Å²) >= 11 is 0. The Morgan fingerprint density at radius 3 is 2.51 bits per heavy atom. The Labute approximate surface area is 292 Å². The van der Waals surface area contributed by atoms with Gasteiger partial charge in [0.1, 0.15) is 22.4 Å². The summed E-state index contributed by atoms with van der Waals surface area (Å²) in [5.41, 5.74) is -0.198. The fraction of sp³-hybridized carbons (Fsp3) is 0.385. The van der Waals surface area contributed by atoms with Crippen LogP contribution in [0.1, 0.15) is 56.8 Å². The summed E-state index contributed by atoms with van der Waals surface area (Å²) in [6.45, 7) is 7.41. The smallest absolute Gasteiger partial charge is 0.407 e. The molecule has 11 nitrogen and oxygen atoms in total. The lowest BCUT2D eigenvalue weighted by atomic mass is 10.1. The molecule has 2 amide bonds. The van der Waals surface area contributed by atoms with E-state index in [1.165, 1.54) is 12.3 Å². The molecular weight excluding hydrogens is 653 g/mol. The normalized spacial score (nSPS) is 18.6. The van der Waals surface area contributed by atoms with E-state index in [1.54, 1.807) is 42.2 Å². The molecule has 264 valence electrons. The number of carbonyl (C=O) groups excluding carboxylic acids is 2. The summed E-state index contributed by atoms with van der Waals surface area (Å²) in [7, 11) is 2.07. The number of alkyl carbamates (subject to hydrolysis) is 1. The third kappa shape index (κ3) is 5.71. The molecule has 0 spiro atoms. The lowest BCUT2D eigenvalue weighted by molar-refractivity contribution is 0.0508. The van der Waals surface area contributed by atoms with Crippen molar-refractivity contribution in [2.75, 3.05) is 38.1 Å². The highest BCUT2D eigenvalue weighted by Crippen LogP contribution is 2.39. The predicted octanol–water partition coefficient (Wildman–Crippen LogP) is 5.76. The average molecular weight is 694 g/mol. The number of nitrogens with one attached hydrogen (secondary N) is 2. The van der Waals surface area contributed by atoms with E-state index in [0.29, 0.717) is 52.7 Å². The molecule has 0 bridgehead atoms. The van der Waals surface area contributed by atoms with E-state index in [9.17, 15) is 19.2 Å². The molecule has 1 unspecified atom stereocenters. The van der Waals surface area contributed by atoms with Crippen LogP contribution in [0.25, 0.3) is 49.1 Å². The molecule has 2 atom stereocenters. The lowest BCUT2D eigenvalue weighted by Crippen LogP contribution is -2.40. The van der Waals surface area contributed by atoms with E-state index in [-0.39, 0.29) is 45.8 Å². The highest BCUT2D eigenvalue weighted by molar-refractivity contribution is 6.15. The maximum atomic E-state index is 16.4. The molecule has 0 saturated carbocycles. The van der Waals surface area contributed by atoms with Crippen LogP contribution in [0.4, 0.5) is 14.9 Å². The minimum Gasteiger partial charge on any atom is -0.451 e.